The summed E-state index contributed by atoms with van der Waals surface area (Å²) in [7, 11) is 0. The Morgan fingerprint density at radius 2 is 2.25 bits per heavy atom. The van der Waals surface area contributed by atoms with Crippen LogP contribution in [-0.2, 0) is 0 Å². The van der Waals surface area contributed by atoms with Crippen LogP contribution in [0, 0.1) is 6.92 Å². The monoisotopic (exact) mass is 238 g/mol. The second kappa shape index (κ2) is 5.80. The number of nitrogens with zero attached hydrogens (tertiary/aromatic N) is 1. The number of hydrogen-bond donors (Lipinski definition) is 1. The van der Waals surface area contributed by atoms with Crippen LogP contribution in [0.2, 0.25) is 0 Å². The summed E-state index contributed by atoms with van der Waals surface area (Å²) in [5, 5.41) is 0. The van der Waals surface area contributed by atoms with Crippen LogP contribution in [0.1, 0.15) is 37.9 Å². The molecule has 0 fully saturated rings. The van der Waals surface area contributed by atoms with E-state index in [9.17, 15) is 0 Å². The van der Waals surface area contributed by atoms with Gasteiger partial charge in [-0.15, -0.1) is 0 Å². The van der Waals surface area contributed by atoms with Gasteiger partial charge in [-0.2, -0.15) is 0 Å². The number of pyridine rings is 1. The van der Waals surface area contributed by atoms with Crippen molar-refractivity contribution in [2.45, 2.75) is 39.7 Å². The van der Waals surface area contributed by atoms with Gasteiger partial charge in [0, 0.05) is 5.69 Å². The van der Waals surface area contributed by atoms with E-state index in [1.54, 1.807) is 0 Å². The van der Waals surface area contributed by atoms with Gasteiger partial charge in [-0.1, -0.05) is 25.6 Å². The van der Waals surface area contributed by atoms with E-state index in [4.69, 9.17) is 22.7 Å². The maximum absolute atomic E-state index is 5.75. The van der Waals surface area contributed by atoms with Crippen LogP contribution in [-0.4, -0.2) is 16.1 Å². The van der Waals surface area contributed by atoms with Crippen molar-refractivity contribution in [3.8, 4) is 5.88 Å². The highest BCUT2D eigenvalue weighted by atomic mass is 32.1. The van der Waals surface area contributed by atoms with Gasteiger partial charge in [0.25, 0.3) is 0 Å². The van der Waals surface area contributed by atoms with Gasteiger partial charge in [-0.05, 0) is 32.4 Å². The van der Waals surface area contributed by atoms with Gasteiger partial charge in [0.15, 0.2) is 0 Å². The average molecular weight is 238 g/mol. The molecule has 0 aliphatic rings. The van der Waals surface area contributed by atoms with Crippen LogP contribution in [0.15, 0.2) is 12.1 Å². The maximum atomic E-state index is 5.75. The molecule has 1 heterocycles. The second-order valence-electron chi connectivity index (χ2n) is 3.89. The highest BCUT2D eigenvalue weighted by Gasteiger charge is 2.11. The first-order chi connectivity index (χ1) is 7.54. The van der Waals surface area contributed by atoms with Crippen LogP contribution >= 0.6 is 12.2 Å². The zero-order chi connectivity index (χ0) is 12.1. The van der Waals surface area contributed by atoms with E-state index >= 15 is 0 Å². The average Bonchev–Trinajstić information content (AvgIpc) is 2.17. The highest BCUT2D eigenvalue weighted by Crippen LogP contribution is 2.18. The third kappa shape index (κ3) is 3.45. The maximum Gasteiger partial charge on any atom is 0.224 e. The number of aromatic nitrogens is 1. The summed E-state index contributed by atoms with van der Waals surface area (Å²) in [4.78, 5) is 4.65. The van der Waals surface area contributed by atoms with E-state index in [1.165, 1.54) is 0 Å². The Kier molecular flexibility index (Phi) is 4.68. The summed E-state index contributed by atoms with van der Waals surface area (Å²) in [5.41, 5.74) is 7.24. The summed E-state index contributed by atoms with van der Waals surface area (Å²) in [5.74, 6) is 0.549. The van der Waals surface area contributed by atoms with Gasteiger partial charge >= 0.3 is 0 Å². The van der Waals surface area contributed by atoms with Crippen molar-refractivity contribution in [3.63, 3.8) is 0 Å². The van der Waals surface area contributed by atoms with Gasteiger partial charge in [0.1, 0.15) is 4.99 Å². The number of nitrogens with two attached hydrogens (primary N) is 1. The zero-order valence-electron chi connectivity index (χ0n) is 9.99. The van der Waals surface area contributed by atoms with Crippen LogP contribution < -0.4 is 10.5 Å². The van der Waals surface area contributed by atoms with Crippen molar-refractivity contribution in [2.75, 3.05) is 0 Å². The molecule has 1 unspecified atom stereocenters. The Hall–Kier alpha value is -1.16. The Bertz CT molecular complexity index is 379. The molecule has 1 aromatic heterocycles. The number of hydrogen-bond acceptors (Lipinski definition) is 3. The predicted molar refractivity (Wildman–Crippen MR) is 69.9 cm³/mol. The standard InChI is InChI=1S/C12H18N2OS/c1-4-5-9(3)15-12-10(11(13)16)7-6-8(2)14-12/h6-7,9H,4-5H2,1-3H3,(H2,13,16). The van der Waals surface area contributed by atoms with Crippen LogP contribution in [0.4, 0.5) is 0 Å². The smallest absolute Gasteiger partial charge is 0.224 e. The van der Waals surface area contributed by atoms with Crippen LogP contribution in [0.5, 0.6) is 5.88 Å². The summed E-state index contributed by atoms with van der Waals surface area (Å²) < 4.78 is 5.75. The molecule has 3 nitrogen and oxygen atoms in total. The van der Waals surface area contributed by atoms with Gasteiger partial charge in [0.05, 0.1) is 11.7 Å². The molecule has 0 radical (unpaired) electrons. The summed E-state index contributed by atoms with van der Waals surface area (Å²) in [6, 6.07) is 3.74. The molecule has 1 aromatic rings. The minimum Gasteiger partial charge on any atom is -0.474 e. The van der Waals surface area contributed by atoms with Crippen molar-refractivity contribution in [1.29, 1.82) is 0 Å². The fourth-order valence-electron chi connectivity index (χ4n) is 1.47. The minimum absolute atomic E-state index is 0.132. The lowest BCUT2D eigenvalue weighted by Crippen LogP contribution is -2.17. The van der Waals surface area contributed by atoms with Crippen LogP contribution in [0.25, 0.3) is 0 Å². The Morgan fingerprint density at radius 3 is 2.81 bits per heavy atom. The van der Waals surface area contributed by atoms with Gasteiger partial charge in [-0.3, -0.25) is 0 Å². The summed E-state index contributed by atoms with van der Waals surface area (Å²) in [6.45, 7) is 6.07. The molecule has 0 saturated carbocycles. The molecule has 2 N–H and O–H groups in total. The molecule has 0 spiro atoms. The van der Waals surface area contributed by atoms with Crippen molar-refractivity contribution >= 4 is 17.2 Å². The lowest BCUT2D eigenvalue weighted by atomic mass is 10.2. The molecule has 1 rings (SSSR count). The number of rotatable bonds is 5. The van der Waals surface area contributed by atoms with Gasteiger partial charge in [-0.25, -0.2) is 4.98 Å². The third-order valence-corrected chi connectivity index (χ3v) is 2.49. The topological polar surface area (TPSA) is 48.1 Å². The predicted octanol–water partition coefficient (Wildman–Crippen LogP) is 2.59. The molecule has 0 aliphatic carbocycles. The fraction of sp³-hybridized carbons (Fsp3) is 0.500. The van der Waals surface area contributed by atoms with E-state index in [0.717, 1.165) is 18.5 Å². The molecule has 4 heteroatoms. The summed E-state index contributed by atoms with van der Waals surface area (Å²) >= 11 is 4.97. The quantitative estimate of drug-likeness (QED) is 0.801. The van der Waals surface area contributed by atoms with E-state index in [0.29, 0.717) is 16.4 Å². The van der Waals surface area contributed by atoms with E-state index < -0.39 is 0 Å². The van der Waals surface area contributed by atoms with Crippen LogP contribution in [0.3, 0.4) is 0 Å². The normalized spacial score (nSPS) is 12.2. The van der Waals surface area contributed by atoms with E-state index in [1.807, 2.05) is 26.0 Å². The van der Waals surface area contributed by atoms with Crippen molar-refractivity contribution < 1.29 is 4.74 Å². The first-order valence-corrected chi connectivity index (χ1v) is 5.89. The molecule has 0 saturated heterocycles. The molecule has 88 valence electrons. The Labute approximate surface area is 102 Å². The molecular weight excluding hydrogens is 220 g/mol. The fourth-order valence-corrected chi connectivity index (χ4v) is 1.62. The Morgan fingerprint density at radius 1 is 1.56 bits per heavy atom. The first-order valence-electron chi connectivity index (χ1n) is 5.48. The minimum atomic E-state index is 0.132. The molecule has 0 bridgehead atoms. The SMILES string of the molecule is CCCC(C)Oc1nc(C)ccc1C(N)=S. The third-order valence-electron chi connectivity index (χ3n) is 2.27. The molecule has 0 aromatic carbocycles. The number of ether oxygens (including phenoxy) is 1. The largest absolute Gasteiger partial charge is 0.474 e. The summed E-state index contributed by atoms with van der Waals surface area (Å²) in [6.07, 6.45) is 2.20. The van der Waals surface area contributed by atoms with Crippen molar-refractivity contribution in [1.82, 2.24) is 4.98 Å². The second-order valence-corrected chi connectivity index (χ2v) is 4.33. The lowest BCUT2D eigenvalue weighted by molar-refractivity contribution is 0.201. The Balaban J connectivity index is 2.92. The highest BCUT2D eigenvalue weighted by molar-refractivity contribution is 7.80. The molecular formula is C12H18N2OS. The molecule has 16 heavy (non-hydrogen) atoms. The van der Waals surface area contributed by atoms with Crippen molar-refractivity contribution in [3.05, 3.63) is 23.4 Å². The lowest BCUT2D eigenvalue weighted by Gasteiger charge is -2.15. The molecule has 1 atom stereocenters. The van der Waals surface area contributed by atoms with Gasteiger partial charge < -0.3 is 10.5 Å². The number of aryl methyl sites for hydroxylation is 1. The number of thiocarbonyl (C=S) groups is 1. The first kappa shape index (κ1) is 12.9. The van der Waals surface area contributed by atoms with Crippen molar-refractivity contribution in [2.24, 2.45) is 5.73 Å². The van der Waals surface area contributed by atoms with E-state index in [-0.39, 0.29) is 6.10 Å². The zero-order valence-corrected chi connectivity index (χ0v) is 10.8. The molecule has 0 aliphatic heterocycles. The van der Waals surface area contributed by atoms with E-state index in [2.05, 4.69) is 11.9 Å². The van der Waals surface area contributed by atoms with Gasteiger partial charge in [0.2, 0.25) is 5.88 Å². The molecule has 0 amide bonds.